The zero-order valence-electron chi connectivity index (χ0n) is 8.96. The van der Waals surface area contributed by atoms with E-state index < -0.39 is 0 Å². The summed E-state index contributed by atoms with van der Waals surface area (Å²) in [6, 6.07) is 2.12. The van der Waals surface area contributed by atoms with Gasteiger partial charge in [-0.25, -0.2) is 0 Å². The van der Waals surface area contributed by atoms with Gasteiger partial charge in [0.05, 0.1) is 31.6 Å². The minimum atomic E-state index is 0.112. The van der Waals surface area contributed by atoms with Crippen LogP contribution < -0.4 is 0 Å². The second-order valence-corrected chi connectivity index (χ2v) is 3.86. The van der Waals surface area contributed by atoms with E-state index in [1.807, 2.05) is 19.3 Å². The van der Waals surface area contributed by atoms with Gasteiger partial charge in [-0.15, -0.1) is 0 Å². The lowest BCUT2D eigenvalue weighted by Gasteiger charge is -2.33. The first-order valence-electron chi connectivity index (χ1n) is 5.21. The van der Waals surface area contributed by atoms with Crippen molar-refractivity contribution in [3.63, 3.8) is 0 Å². The van der Waals surface area contributed by atoms with Crippen LogP contribution in [0.25, 0.3) is 0 Å². The Hall–Kier alpha value is -0.910. The molecule has 1 atom stereocenters. The van der Waals surface area contributed by atoms with Crippen molar-refractivity contribution in [2.45, 2.75) is 12.6 Å². The molecule has 1 aliphatic heterocycles. The van der Waals surface area contributed by atoms with Gasteiger partial charge in [-0.1, -0.05) is 0 Å². The van der Waals surface area contributed by atoms with Crippen LogP contribution in [0.3, 0.4) is 0 Å². The summed E-state index contributed by atoms with van der Waals surface area (Å²) in [5.41, 5.74) is 1.04. The predicted molar refractivity (Wildman–Crippen MR) is 55.3 cm³/mol. The molecule has 0 aromatic carbocycles. The van der Waals surface area contributed by atoms with Crippen LogP contribution in [0.15, 0.2) is 12.3 Å². The number of rotatable bonds is 3. The minimum Gasteiger partial charge on any atom is -0.395 e. The average molecular weight is 211 g/mol. The molecular weight excluding hydrogens is 194 g/mol. The fraction of sp³-hybridized carbons (Fsp3) is 0.700. The third-order valence-electron chi connectivity index (χ3n) is 2.69. The molecule has 0 amide bonds. The first-order chi connectivity index (χ1) is 7.29. The van der Waals surface area contributed by atoms with Crippen LogP contribution in [0.1, 0.15) is 5.69 Å². The lowest BCUT2D eigenvalue weighted by molar-refractivity contribution is -0.0317. The van der Waals surface area contributed by atoms with Crippen LogP contribution in [0.5, 0.6) is 0 Å². The zero-order chi connectivity index (χ0) is 10.7. The highest BCUT2D eigenvalue weighted by molar-refractivity contribution is 4.99. The second-order valence-electron chi connectivity index (χ2n) is 3.86. The third-order valence-corrected chi connectivity index (χ3v) is 2.69. The molecule has 0 bridgehead atoms. The molecule has 1 N–H and O–H groups in total. The molecule has 2 rings (SSSR count). The molecule has 0 radical (unpaired) electrons. The molecule has 1 fully saturated rings. The fourth-order valence-electron chi connectivity index (χ4n) is 1.82. The average Bonchev–Trinajstić information content (AvgIpc) is 2.65. The highest BCUT2D eigenvalue weighted by Gasteiger charge is 2.22. The first-order valence-corrected chi connectivity index (χ1v) is 5.21. The third kappa shape index (κ3) is 2.56. The summed E-state index contributed by atoms with van der Waals surface area (Å²) >= 11 is 0. The van der Waals surface area contributed by atoms with Gasteiger partial charge in [0, 0.05) is 26.3 Å². The summed E-state index contributed by atoms with van der Waals surface area (Å²) in [4.78, 5) is 2.21. The smallest absolute Gasteiger partial charge is 0.0764 e. The van der Waals surface area contributed by atoms with Gasteiger partial charge in [0.25, 0.3) is 0 Å². The molecule has 1 unspecified atom stereocenters. The van der Waals surface area contributed by atoms with Crippen molar-refractivity contribution in [1.29, 1.82) is 0 Å². The number of hydrogen-bond donors (Lipinski definition) is 1. The van der Waals surface area contributed by atoms with Crippen molar-refractivity contribution in [2.24, 2.45) is 7.05 Å². The van der Waals surface area contributed by atoms with Gasteiger partial charge in [0.1, 0.15) is 0 Å². The Labute approximate surface area is 89.3 Å². The maximum atomic E-state index is 9.20. The van der Waals surface area contributed by atoms with Gasteiger partial charge in [-0.3, -0.25) is 9.58 Å². The Kier molecular flexibility index (Phi) is 3.35. The standard InChI is InChI=1S/C10H17N3O2/c1-12-3-2-9(11-12)6-13-4-5-15-8-10(13)7-14/h2-3,10,14H,4-8H2,1H3. The number of ether oxygens (including phenoxy) is 1. The van der Waals surface area contributed by atoms with Gasteiger partial charge in [0.2, 0.25) is 0 Å². The molecule has 0 aliphatic carbocycles. The van der Waals surface area contributed by atoms with E-state index >= 15 is 0 Å². The minimum absolute atomic E-state index is 0.112. The van der Waals surface area contributed by atoms with Crippen LogP contribution in [0, 0.1) is 0 Å². The number of aliphatic hydroxyl groups excluding tert-OH is 1. The number of aryl methyl sites for hydroxylation is 1. The highest BCUT2D eigenvalue weighted by atomic mass is 16.5. The topological polar surface area (TPSA) is 50.5 Å². The Morgan fingerprint density at radius 1 is 1.67 bits per heavy atom. The van der Waals surface area contributed by atoms with Crippen molar-refractivity contribution in [1.82, 2.24) is 14.7 Å². The molecule has 5 heteroatoms. The summed E-state index contributed by atoms with van der Waals surface area (Å²) in [6.07, 6.45) is 1.93. The number of nitrogens with zero attached hydrogens (tertiary/aromatic N) is 3. The SMILES string of the molecule is Cn1ccc(CN2CCOCC2CO)n1. The molecule has 1 aliphatic rings. The molecule has 1 aromatic rings. The van der Waals surface area contributed by atoms with Crippen molar-refractivity contribution in [3.05, 3.63) is 18.0 Å². The van der Waals surface area contributed by atoms with E-state index in [0.29, 0.717) is 6.61 Å². The fourth-order valence-corrected chi connectivity index (χ4v) is 1.82. The molecule has 0 saturated carbocycles. The summed E-state index contributed by atoms with van der Waals surface area (Å²) in [6.45, 7) is 3.15. The molecule has 84 valence electrons. The van der Waals surface area contributed by atoms with E-state index in [-0.39, 0.29) is 12.6 Å². The first kappa shape index (κ1) is 10.6. The van der Waals surface area contributed by atoms with E-state index in [9.17, 15) is 5.11 Å². The van der Waals surface area contributed by atoms with Crippen molar-refractivity contribution >= 4 is 0 Å². The van der Waals surface area contributed by atoms with Crippen molar-refractivity contribution < 1.29 is 9.84 Å². The van der Waals surface area contributed by atoms with Gasteiger partial charge in [0.15, 0.2) is 0 Å². The summed E-state index contributed by atoms with van der Waals surface area (Å²) in [7, 11) is 1.91. The Morgan fingerprint density at radius 3 is 3.20 bits per heavy atom. The maximum Gasteiger partial charge on any atom is 0.0764 e. The van der Waals surface area contributed by atoms with E-state index in [0.717, 1.165) is 25.4 Å². The summed E-state index contributed by atoms with van der Waals surface area (Å²) < 4.78 is 7.11. The van der Waals surface area contributed by atoms with Gasteiger partial charge < -0.3 is 9.84 Å². The molecule has 0 spiro atoms. The van der Waals surface area contributed by atoms with Gasteiger partial charge in [-0.2, -0.15) is 5.10 Å². The van der Waals surface area contributed by atoms with E-state index in [1.54, 1.807) is 4.68 Å². The van der Waals surface area contributed by atoms with Crippen LogP contribution in [0.2, 0.25) is 0 Å². The lowest BCUT2D eigenvalue weighted by atomic mass is 10.2. The van der Waals surface area contributed by atoms with Crippen molar-refractivity contribution in [2.75, 3.05) is 26.4 Å². The molecule has 15 heavy (non-hydrogen) atoms. The number of hydrogen-bond acceptors (Lipinski definition) is 4. The second kappa shape index (κ2) is 4.74. The number of morpholine rings is 1. The normalized spacial score (nSPS) is 23.2. The van der Waals surface area contributed by atoms with Crippen LogP contribution in [-0.4, -0.2) is 52.2 Å². The predicted octanol–water partition coefficient (Wildman–Crippen LogP) is -0.387. The Morgan fingerprint density at radius 2 is 2.53 bits per heavy atom. The largest absolute Gasteiger partial charge is 0.395 e. The number of aliphatic hydroxyl groups is 1. The van der Waals surface area contributed by atoms with E-state index in [1.165, 1.54) is 0 Å². The van der Waals surface area contributed by atoms with E-state index in [4.69, 9.17) is 4.74 Å². The monoisotopic (exact) mass is 211 g/mol. The van der Waals surface area contributed by atoms with Crippen LogP contribution >= 0.6 is 0 Å². The lowest BCUT2D eigenvalue weighted by Crippen LogP contribution is -2.46. The molecular formula is C10H17N3O2. The number of aromatic nitrogens is 2. The summed E-state index contributed by atoms with van der Waals surface area (Å²) in [5, 5.41) is 13.5. The summed E-state index contributed by atoms with van der Waals surface area (Å²) in [5.74, 6) is 0. The maximum absolute atomic E-state index is 9.20. The molecule has 1 aromatic heterocycles. The Balaban J connectivity index is 1.97. The molecule has 2 heterocycles. The van der Waals surface area contributed by atoms with Crippen LogP contribution in [0.4, 0.5) is 0 Å². The van der Waals surface area contributed by atoms with Crippen molar-refractivity contribution in [3.8, 4) is 0 Å². The molecule has 1 saturated heterocycles. The van der Waals surface area contributed by atoms with Crippen LogP contribution in [-0.2, 0) is 18.3 Å². The van der Waals surface area contributed by atoms with Gasteiger partial charge in [-0.05, 0) is 6.07 Å². The zero-order valence-corrected chi connectivity index (χ0v) is 8.96. The van der Waals surface area contributed by atoms with Gasteiger partial charge >= 0.3 is 0 Å². The quantitative estimate of drug-likeness (QED) is 0.740. The highest BCUT2D eigenvalue weighted by Crippen LogP contribution is 2.10. The Bertz CT molecular complexity index is 313. The molecule has 5 nitrogen and oxygen atoms in total. The van der Waals surface area contributed by atoms with E-state index in [2.05, 4.69) is 10.00 Å².